The van der Waals surface area contributed by atoms with Gasteiger partial charge in [0.05, 0.1) is 0 Å². The predicted octanol–water partition coefficient (Wildman–Crippen LogP) is 5.28. The molecule has 1 atom stereocenters. The van der Waals surface area contributed by atoms with Crippen molar-refractivity contribution in [3.8, 4) is 0 Å². The molecule has 1 unspecified atom stereocenters. The van der Waals surface area contributed by atoms with Gasteiger partial charge in [-0.05, 0) is 17.3 Å². The van der Waals surface area contributed by atoms with E-state index in [-0.39, 0.29) is 0 Å². The maximum atomic E-state index is 2.45. The molecule has 86 valence electrons. The van der Waals surface area contributed by atoms with Crippen LogP contribution in [0.15, 0.2) is 0 Å². The smallest absolute Gasteiger partial charge is 0.0305 e. The van der Waals surface area contributed by atoms with Crippen LogP contribution in [-0.2, 0) is 0 Å². The quantitative estimate of drug-likeness (QED) is 0.522. The van der Waals surface area contributed by atoms with Crippen molar-refractivity contribution in [1.82, 2.24) is 0 Å². The number of hydrogen-bond acceptors (Lipinski definition) is 0. The van der Waals surface area contributed by atoms with E-state index in [2.05, 4.69) is 41.5 Å². The molecule has 0 aliphatic carbocycles. The third-order valence-corrected chi connectivity index (χ3v) is 4.22. The molecule has 0 aliphatic rings. The zero-order valence-electron chi connectivity index (χ0n) is 11.2. The molecule has 14 heavy (non-hydrogen) atoms. The van der Waals surface area contributed by atoms with E-state index in [9.17, 15) is 0 Å². The van der Waals surface area contributed by atoms with Crippen LogP contribution in [0.5, 0.6) is 0 Å². The summed E-state index contributed by atoms with van der Waals surface area (Å²) < 4.78 is 0. The van der Waals surface area contributed by atoms with Gasteiger partial charge >= 0.3 is 0 Å². The van der Waals surface area contributed by atoms with Crippen molar-refractivity contribution in [2.75, 3.05) is 0 Å². The first-order chi connectivity index (χ1) is 6.46. The fourth-order valence-corrected chi connectivity index (χ4v) is 2.13. The van der Waals surface area contributed by atoms with E-state index in [1.165, 1.54) is 32.1 Å². The monoisotopic (exact) mass is 198 g/mol. The van der Waals surface area contributed by atoms with Crippen molar-refractivity contribution in [3.05, 3.63) is 0 Å². The Hall–Kier alpha value is 0. The van der Waals surface area contributed by atoms with E-state index >= 15 is 0 Å². The number of rotatable bonds is 7. The van der Waals surface area contributed by atoms with E-state index in [0.29, 0.717) is 5.41 Å². The molecule has 0 aromatic heterocycles. The fourth-order valence-electron chi connectivity index (χ4n) is 2.13. The highest BCUT2D eigenvalue weighted by molar-refractivity contribution is 4.77. The van der Waals surface area contributed by atoms with Gasteiger partial charge in [-0.25, -0.2) is 0 Å². The fraction of sp³-hybridized carbons (Fsp3) is 1.00. The third-order valence-electron chi connectivity index (χ3n) is 4.22. The summed E-state index contributed by atoms with van der Waals surface area (Å²) in [7, 11) is 0. The van der Waals surface area contributed by atoms with Crippen molar-refractivity contribution in [2.45, 2.75) is 73.6 Å². The first kappa shape index (κ1) is 14.0. The zero-order chi connectivity index (χ0) is 11.2. The Morgan fingerprint density at radius 2 is 1.43 bits per heavy atom. The molecule has 0 fully saturated rings. The molecule has 0 saturated heterocycles. The molecule has 0 heterocycles. The highest BCUT2D eigenvalue weighted by atomic mass is 14.3. The molecule has 0 spiro atoms. The Bertz CT molecular complexity index is 131. The van der Waals surface area contributed by atoms with E-state index in [4.69, 9.17) is 0 Å². The van der Waals surface area contributed by atoms with Crippen LogP contribution >= 0.6 is 0 Å². The van der Waals surface area contributed by atoms with E-state index in [1.807, 2.05) is 0 Å². The lowest BCUT2D eigenvalue weighted by atomic mass is 9.72. The van der Waals surface area contributed by atoms with Crippen molar-refractivity contribution < 1.29 is 0 Å². The second-order valence-electron chi connectivity index (χ2n) is 5.59. The molecule has 0 nitrogen and oxygen atoms in total. The summed E-state index contributed by atoms with van der Waals surface area (Å²) in [6.45, 7) is 14.2. The summed E-state index contributed by atoms with van der Waals surface area (Å²) in [5, 5.41) is 0. The minimum atomic E-state index is 0.580. The standard InChI is InChI=1S/C14H30/c1-7-14(6,8-2)13(5)11-9-10-12(3)4/h12-13H,7-11H2,1-6H3. The lowest BCUT2D eigenvalue weighted by Crippen LogP contribution is -2.23. The largest absolute Gasteiger partial charge is 0.0649 e. The van der Waals surface area contributed by atoms with Crippen molar-refractivity contribution in [2.24, 2.45) is 17.3 Å². The maximum absolute atomic E-state index is 2.45. The van der Waals surface area contributed by atoms with Gasteiger partial charge in [0.2, 0.25) is 0 Å². The Balaban J connectivity index is 3.87. The minimum absolute atomic E-state index is 0.580. The Morgan fingerprint density at radius 3 is 1.79 bits per heavy atom. The Kier molecular flexibility index (Phi) is 6.48. The molecule has 0 bridgehead atoms. The van der Waals surface area contributed by atoms with Crippen LogP contribution in [0.3, 0.4) is 0 Å². The lowest BCUT2D eigenvalue weighted by Gasteiger charge is -2.34. The van der Waals surface area contributed by atoms with Crippen LogP contribution in [0.1, 0.15) is 73.6 Å². The second kappa shape index (κ2) is 6.48. The molecule has 0 saturated carbocycles. The zero-order valence-corrected chi connectivity index (χ0v) is 11.2. The summed E-state index contributed by atoms with van der Waals surface area (Å²) in [5.41, 5.74) is 0.580. The normalized spacial score (nSPS) is 14.8. The summed E-state index contributed by atoms with van der Waals surface area (Å²) in [6.07, 6.45) is 6.87. The second-order valence-corrected chi connectivity index (χ2v) is 5.59. The molecule has 0 radical (unpaired) electrons. The minimum Gasteiger partial charge on any atom is -0.0649 e. The van der Waals surface area contributed by atoms with Crippen molar-refractivity contribution >= 4 is 0 Å². The first-order valence-electron chi connectivity index (χ1n) is 6.46. The molecular formula is C14H30. The summed E-state index contributed by atoms with van der Waals surface area (Å²) >= 11 is 0. The molecule has 0 aromatic carbocycles. The average molecular weight is 198 g/mol. The van der Waals surface area contributed by atoms with E-state index in [1.54, 1.807) is 0 Å². The average Bonchev–Trinajstić information content (AvgIpc) is 2.15. The Morgan fingerprint density at radius 1 is 0.929 bits per heavy atom. The molecule has 0 amide bonds. The summed E-state index contributed by atoms with van der Waals surface area (Å²) in [5.74, 6) is 1.76. The van der Waals surface area contributed by atoms with Gasteiger partial charge in [0.1, 0.15) is 0 Å². The number of hydrogen-bond donors (Lipinski definition) is 0. The maximum Gasteiger partial charge on any atom is -0.0305 e. The van der Waals surface area contributed by atoms with Gasteiger partial charge in [-0.15, -0.1) is 0 Å². The van der Waals surface area contributed by atoms with Gasteiger partial charge < -0.3 is 0 Å². The predicted molar refractivity (Wildman–Crippen MR) is 66.5 cm³/mol. The van der Waals surface area contributed by atoms with Crippen LogP contribution < -0.4 is 0 Å². The molecule has 0 N–H and O–H groups in total. The van der Waals surface area contributed by atoms with Gasteiger partial charge in [-0.1, -0.05) is 73.6 Å². The molecule has 0 heteroatoms. The first-order valence-corrected chi connectivity index (χ1v) is 6.46. The SMILES string of the molecule is CCC(C)(CC)C(C)CCCC(C)C. The van der Waals surface area contributed by atoms with Crippen LogP contribution in [0.4, 0.5) is 0 Å². The van der Waals surface area contributed by atoms with E-state index < -0.39 is 0 Å². The van der Waals surface area contributed by atoms with Crippen LogP contribution in [0, 0.1) is 17.3 Å². The van der Waals surface area contributed by atoms with Gasteiger partial charge in [0.25, 0.3) is 0 Å². The molecular weight excluding hydrogens is 168 g/mol. The van der Waals surface area contributed by atoms with Gasteiger partial charge in [0, 0.05) is 0 Å². The van der Waals surface area contributed by atoms with Crippen LogP contribution in [0.25, 0.3) is 0 Å². The Labute approximate surface area is 91.5 Å². The molecule has 0 rings (SSSR count). The van der Waals surface area contributed by atoms with Crippen molar-refractivity contribution in [1.29, 1.82) is 0 Å². The highest BCUT2D eigenvalue weighted by Crippen LogP contribution is 2.37. The lowest BCUT2D eigenvalue weighted by molar-refractivity contribution is 0.169. The van der Waals surface area contributed by atoms with Gasteiger partial charge in [-0.2, -0.15) is 0 Å². The van der Waals surface area contributed by atoms with Crippen LogP contribution in [0.2, 0.25) is 0 Å². The summed E-state index contributed by atoms with van der Waals surface area (Å²) in [6, 6.07) is 0. The summed E-state index contributed by atoms with van der Waals surface area (Å²) in [4.78, 5) is 0. The third kappa shape index (κ3) is 4.48. The van der Waals surface area contributed by atoms with Gasteiger partial charge in [-0.3, -0.25) is 0 Å². The van der Waals surface area contributed by atoms with Crippen LogP contribution in [-0.4, -0.2) is 0 Å². The van der Waals surface area contributed by atoms with E-state index in [0.717, 1.165) is 11.8 Å². The molecule has 0 aromatic rings. The highest BCUT2D eigenvalue weighted by Gasteiger charge is 2.26. The van der Waals surface area contributed by atoms with Gasteiger partial charge in [0.15, 0.2) is 0 Å². The topological polar surface area (TPSA) is 0 Å². The van der Waals surface area contributed by atoms with Crippen molar-refractivity contribution in [3.63, 3.8) is 0 Å². The molecule has 0 aliphatic heterocycles.